The Balaban J connectivity index is 1.95. The zero-order chi connectivity index (χ0) is 19.4. The number of anilines is 1. The fourth-order valence-electron chi connectivity index (χ4n) is 2.48. The van der Waals surface area contributed by atoms with E-state index in [9.17, 15) is 18.0 Å². The van der Waals surface area contributed by atoms with Gasteiger partial charge in [0, 0.05) is 0 Å². The lowest BCUT2D eigenvalue weighted by Gasteiger charge is -2.10. The second-order valence-electron chi connectivity index (χ2n) is 5.63. The second kappa shape index (κ2) is 7.49. The molecule has 2 aromatic carbocycles. The number of nitrogens with zero attached hydrogens (tertiary/aromatic N) is 2. The second-order valence-corrected chi connectivity index (χ2v) is 5.63. The fraction of sp³-hybridized carbons (Fsp3) is 0.100. The van der Waals surface area contributed by atoms with Gasteiger partial charge in [-0.25, -0.2) is 0 Å². The van der Waals surface area contributed by atoms with Crippen LogP contribution in [0.3, 0.4) is 0 Å². The van der Waals surface area contributed by atoms with Gasteiger partial charge in [0.15, 0.2) is 5.71 Å². The highest BCUT2D eigenvalue weighted by atomic mass is 19.4. The Kier molecular flexibility index (Phi) is 5.12. The molecule has 0 aliphatic carbocycles. The number of hydrazone groups is 1. The molecule has 1 amide bonds. The quantitative estimate of drug-likeness (QED) is 0.569. The number of amides is 1. The summed E-state index contributed by atoms with van der Waals surface area (Å²) in [7, 11) is 0. The monoisotopic (exact) mass is 372 g/mol. The van der Waals surface area contributed by atoms with E-state index >= 15 is 0 Å². The van der Waals surface area contributed by atoms with Gasteiger partial charge in [0.2, 0.25) is 0 Å². The molecule has 0 atom stereocenters. The number of hydrogen-bond acceptors (Lipinski definition) is 3. The first-order valence-corrected chi connectivity index (χ1v) is 8.01. The van der Waals surface area contributed by atoms with E-state index in [2.05, 4.69) is 11.7 Å². The molecule has 0 radical (unpaired) electrons. The highest BCUT2D eigenvalue weighted by molar-refractivity contribution is 6.34. The van der Waals surface area contributed by atoms with Crippen LogP contribution in [0.5, 0.6) is 5.75 Å². The van der Waals surface area contributed by atoms with Crippen LogP contribution >= 0.6 is 0 Å². The van der Waals surface area contributed by atoms with Gasteiger partial charge in [-0.05, 0) is 35.9 Å². The Labute approximate surface area is 153 Å². The molecule has 0 aromatic heterocycles. The summed E-state index contributed by atoms with van der Waals surface area (Å²) in [6, 6.07) is 14.3. The third kappa shape index (κ3) is 4.08. The minimum atomic E-state index is -4.75. The van der Waals surface area contributed by atoms with E-state index in [1.165, 1.54) is 18.2 Å². The summed E-state index contributed by atoms with van der Waals surface area (Å²) in [6.45, 7) is 3.85. The highest BCUT2D eigenvalue weighted by Gasteiger charge is 2.46. The van der Waals surface area contributed by atoms with Gasteiger partial charge in [-0.1, -0.05) is 43.0 Å². The lowest BCUT2D eigenvalue weighted by Crippen LogP contribution is -2.25. The van der Waals surface area contributed by atoms with Crippen molar-refractivity contribution >= 4 is 23.4 Å². The lowest BCUT2D eigenvalue weighted by atomic mass is 10.1. The van der Waals surface area contributed by atoms with Crippen LogP contribution in [0.15, 0.2) is 77.9 Å². The first kappa shape index (κ1) is 18.4. The summed E-state index contributed by atoms with van der Waals surface area (Å²) in [5, 5.41) is 4.28. The summed E-state index contributed by atoms with van der Waals surface area (Å²) in [5.41, 5.74) is -1.04. The number of ether oxygens (including phenoxy) is 1. The number of carbonyl (C=O) groups excluding carboxylic acids is 1. The van der Waals surface area contributed by atoms with E-state index in [0.717, 1.165) is 5.01 Å². The standard InChI is InChI=1S/C20H15F3N2O2/c1-2-12-27-16-10-8-14(9-11-16)13-17-18(20(21,22)23)24-25(19(17)26)15-6-4-3-5-7-15/h2-11,13H,1,12H2/b17-13-. The average molecular weight is 372 g/mol. The molecular weight excluding hydrogens is 357 g/mol. The van der Waals surface area contributed by atoms with Crippen molar-refractivity contribution in [1.82, 2.24) is 0 Å². The van der Waals surface area contributed by atoms with Crippen LogP contribution in [0.2, 0.25) is 0 Å². The molecule has 27 heavy (non-hydrogen) atoms. The maximum atomic E-state index is 13.4. The fourth-order valence-corrected chi connectivity index (χ4v) is 2.48. The van der Waals surface area contributed by atoms with Gasteiger partial charge in [-0.3, -0.25) is 4.79 Å². The smallest absolute Gasteiger partial charge is 0.435 e. The average Bonchev–Trinajstić information content (AvgIpc) is 2.99. The Morgan fingerprint density at radius 3 is 2.33 bits per heavy atom. The lowest BCUT2D eigenvalue weighted by molar-refractivity contribution is -0.114. The number of alkyl halides is 3. The normalized spacial score (nSPS) is 15.8. The van der Waals surface area contributed by atoms with E-state index in [1.54, 1.807) is 48.5 Å². The molecule has 1 aliphatic rings. The summed E-state index contributed by atoms with van der Waals surface area (Å²) in [6.07, 6.45) is -2.00. The van der Waals surface area contributed by atoms with Crippen LogP contribution in [0.25, 0.3) is 6.08 Å². The largest absolute Gasteiger partial charge is 0.490 e. The summed E-state index contributed by atoms with van der Waals surface area (Å²) in [5.74, 6) is -0.286. The third-order valence-corrected chi connectivity index (χ3v) is 3.71. The van der Waals surface area contributed by atoms with Crippen LogP contribution in [0.1, 0.15) is 5.56 Å². The molecule has 1 heterocycles. The van der Waals surface area contributed by atoms with Crippen LogP contribution in [-0.2, 0) is 4.79 Å². The molecule has 0 unspecified atom stereocenters. The van der Waals surface area contributed by atoms with Crippen molar-refractivity contribution in [3.05, 3.63) is 78.4 Å². The van der Waals surface area contributed by atoms with Crippen molar-refractivity contribution in [2.24, 2.45) is 5.10 Å². The van der Waals surface area contributed by atoms with Gasteiger partial charge >= 0.3 is 6.18 Å². The van der Waals surface area contributed by atoms with Crippen molar-refractivity contribution in [2.45, 2.75) is 6.18 Å². The first-order chi connectivity index (χ1) is 12.9. The van der Waals surface area contributed by atoms with Crippen LogP contribution < -0.4 is 9.75 Å². The molecular formula is C20H15F3N2O2. The topological polar surface area (TPSA) is 41.9 Å². The number of benzene rings is 2. The summed E-state index contributed by atoms with van der Waals surface area (Å²) in [4.78, 5) is 12.6. The van der Waals surface area contributed by atoms with Crippen molar-refractivity contribution in [3.63, 3.8) is 0 Å². The molecule has 7 heteroatoms. The maximum Gasteiger partial charge on any atom is 0.435 e. The minimum Gasteiger partial charge on any atom is -0.490 e. The molecule has 0 bridgehead atoms. The van der Waals surface area contributed by atoms with Gasteiger partial charge in [-0.2, -0.15) is 23.3 Å². The Hall–Kier alpha value is -3.35. The number of hydrogen-bond donors (Lipinski definition) is 0. The summed E-state index contributed by atoms with van der Waals surface area (Å²) >= 11 is 0. The van der Waals surface area contributed by atoms with Crippen molar-refractivity contribution < 1.29 is 22.7 Å². The Morgan fingerprint density at radius 2 is 1.74 bits per heavy atom. The zero-order valence-corrected chi connectivity index (χ0v) is 14.1. The van der Waals surface area contributed by atoms with E-state index in [4.69, 9.17) is 4.74 Å². The number of para-hydroxylation sites is 1. The van der Waals surface area contributed by atoms with Crippen molar-refractivity contribution in [1.29, 1.82) is 0 Å². The molecule has 1 aliphatic heterocycles. The SMILES string of the molecule is C=CCOc1ccc(/C=C2\C(=O)N(c3ccccc3)N=C2C(F)(F)F)cc1. The van der Waals surface area contributed by atoms with E-state index in [-0.39, 0.29) is 5.69 Å². The molecule has 0 fully saturated rings. The van der Waals surface area contributed by atoms with E-state index in [0.29, 0.717) is 17.9 Å². The number of rotatable bonds is 5. The zero-order valence-electron chi connectivity index (χ0n) is 14.1. The molecule has 4 nitrogen and oxygen atoms in total. The van der Waals surface area contributed by atoms with Crippen LogP contribution in [-0.4, -0.2) is 24.4 Å². The Bertz CT molecular complexity index is 901. The molecule has 0 saturated heterocycles. The predicted octanol–water partition coefficient (Wildman–Crippen LogP) is 4.60. The van der Waals surface area contributed by atoms with Gasteiger partial charge in [0.05, 0.1) is 11.3 Å². The maximum absolute atomic E-state index is 13.4. The van der Waals surface area contributed by atoms with Gasteiger partial charge in [-0.15, -0.1) is 0 Å². The van der Waals surface area contributed by atoms with Crippen molar-refractivity contribution in [3.8, 4) is 5.75 Å². The van der Waals surface area contributed by atoms with Gasteiger partial charge in [0.25, 0.3) is 5.91 Å². The molecule has 0 saturated carbocycles. The minimum absolute atomic E-state index is 0.265. The molecule has 0 N–H and O–H groups in total. The van der Waals surface area contributed by atoms with E-state index in [1.807, 2.05) is 0 Å². The molecule has 3 rings (SSSR count). The van der Waals surface area contributed by atoms with Gasteiger partial charge < -0.3 is 4.74 Å². The van der Waals surface area contributed by atoms with Gasteiger partial charge in [0.1, 0.15) is 12.4 Å². The van der Waals surface area contributed by atoms with Crippen molar-refractivity contribution in [2.75, 3.05) is 11.6 Å². The first-order valence-electron chi connectivity index (χ1n) is 8.01. The van der Waals surface area contributed by atoms with E-state index < -0.39 is 23.4 Å². The number of halogens is 3. The van der Waals surface area contributed by atoms with Crippen LogP contribution in [0.4, 0.5) is 18.9 Å². The third-order valence-electron chi connectivity index (χ3n) is 3.71. The predicted molar refractivity (Wildman–Crippen MR) is 97.5 cm³/mol. The molecule has 2 aromatic rings. The summed E-state index contributed by atoms with van der Waals surface area (Å²) < 4.78 is 45.5. The van der Waals surface area contributed by atoms with Crippen LogP contribution in [0, 0.1) is 0 Å². The number of carbonyl (C=O) groups is 1. The highest BCUT2D eigenvalue weighted by Crippen LogP contribution is 2.32. The molecule has 138 valence electrons. The molecule has 0 spiro atoms. The Morgan fingerprint density at radius 1 is 1.07 bits per heavy atom.